The van der Waals surface area contributed by atoms with E-state index in [1.54, 1.807) is 6.92 Å². The fourth-order valence-corrected chi connectivity index (χ4v) is 3.08. The lowest BCUT2D eigenvalue weighted by molar-refractivity contribution is -0.144. The molecule has 2 fully saturated rings. The van der Waals surface area contributed by atoms with E-state index in [1.807, 2.05) is 11.8 Å². The van der Waals surface area contributed by atoms with E-state index < -0.39 is 0 Å². The smallest absolute Gasteiger partial charge is 0.230 e. The largest absolute Gasteiger partial charge is 0.424 e. The van der Waals surface area contributed by atoms with Crippen LogP contribution in [0.2, 0.25) is 0 Å². The first kappa shape index (κ1) is 12.6. The van der Waals surface area contributed by atoms with E-state index in [0.29, 0.717) is 17.2 Å². The van der Waals surface area contributed by atoms with Gasteiger partial charge in [-0.3, -0.25) is 9.69 Å². The quantitative estimate of drug-likeness (QED) is 0.791. The summed E-state index contributed by atoms with van der Waals surface area (Å²) in [4.78, 5) is 15.5. The number of rotatable bonds is 2. The van der Waals surface area contributed by atoms with Crippen molar-refractivity contribution in [1.29, 1.82) is 0 Å². The molecule has 3 heterocycles. The molecule has 1 aromatic heterocycles. The molecule has 0 atom stereocenters. The maximum absolute atomic E-state index is 11.2. The highest BCUT2D eigenvalue weighted by Gasteiger charge is 2.45. The summed E-state index contributed by atoms with van der Waals surface area (Å²) in [6.07, 6.45) is 2.31. The predicted octanol–water partition coefficient (Wildman–Crippen LogP) is 0.822. The van der Waals surface area contributed by atoms with E-state index in [1.165, 1.54) is 0 Å². The average Bonchev–Trinajstić information content (AvgIpc) is 2.73. The second-order valence-corrected chi connectivity index (χ2v) is 5.87. The van der Waals surface area contributed by atoms with Gasteiger partial charge in [-0.1, -0.05) is 0 Å². The molecule has 6 nitrogen and oxygen atoms in total. The van der Waals surface area contributed by atoms with Crippen LogP contribution < -0.4 is 0 Å². The summed E-state index contributed by atoms with van der Waals surface area (Å²) in [5, 5.41) is 7.88. The van der Waals surface area contributed by atoms with Gasteiger partial charge in [0.05, 0.1) is 6.54 Å². The van der Waals surface area contributed by atoms with Gasteiger partial charge in [-0.15, -0.1) is 10.2 Å². The number of amides is 1. The summed E-state index contributed by atoms with van der Waals surface area (Å²) in [7, 11) is 0. The molecule has 2 aliphatic rings. The first-order valence-corrected chi connectivity index (χ1v) is 6.83. The molecule has 1 spiro atoms. The first-order valence-electron chi connectivity index (χ1n) is 6.83. The lowest BCUT2D eigenvalue weighted by Gasteiger charge is -2.53. The van der Waals surface area contributed by atoms with Crippen LogP contribution in [0.15, 0.2) is 4.42 Å². The van der Waals surface area contributed by atoms with E-state index in [0.717, 1.165) is 45.6 Å². The van der Waals surface area contributed by atoms with Gasteiger partial charge in [0.25, 0.3) is 0 Å². The molecule has 19 heavy (non-hydrogen) atoms. The third kappa shape index (κ3) is 2.49. The second-order valence-electron chi connectivity index (χ2n) is 5.87. The Morgan fingerprint density at radius 3 is 2.53 bits per heavy atom. The van der Waals surface area contributed by atoms with Crippen LogP contribution in [0.1, 0.15) is 31.5 Å². The van der Waals surface area contributed by atoms with Gasteiger partial charge in [-0.25, -0.2) is 0 Å². The highest BCUT2D eigenvalue weighted by molar-refractivity contribution is 5.74. The minimum atomic E-state index is 0.203. The molecule has 0 aliphatic carbocycles. The summed E-state index contributed by atoms with van der Waals surface area (Å²) in [5.74, 6) is 1.53. The first-order chi connectivity index (χ1) is 9.06. The fourth-order valence-electron chi connectivity index (χ4n) is 3.08. The van der Waals surface area contributed by atoms with Crippen LogP contribution in [0, 0.1) is 12.3 Å². The Bertz CT molecular complexity index is 469. The second kappa shape index (κ2) is 4.59. The van der Waals surface area contributed by atoms with Crippen LogP contribution in [0.4, 0.5) is 0 Å². The molecule has 104 valence electrons. The summed E-state index contributed by atoms with van der Waals surface area (Å²) in [6.45, 7) is 8.19. The lowest BCUT2D eigenvalue weighted by atomic mass is 9.72. The SMILES string of the molecule is CC(=O)N1CC2(CCN(Cc3nnc(C)o3)CC2)C1. The van der Waals surface area contributed by atoms with Crippen molar-refractivity contribution in [2.75, 3.05) is 26.2 Å². The Labute approximate surface area is 112 Å². The van der Waals surface area contributed by atoms with Crippen LogP contribution >= 0.6 is 0 Å². The van der Waals surface area contributed by atoms with Crippen LogP contribution in [-0.2, 0) is 11.3 Å². The molecule has 1 aromatic rings. The van der Waals surface area contributed by atoms with E-state index in [4.69, 9.17) is 4.42 Å². The van der Waals surface area contributed by atoms with Gasteiger partial charge in [-0.2, -0.15) is 0 Å². The van der Waals surface area contributed by atoms with Crippen LogP contribution in [-0.4, -0.2) is 52.1 Å². The third-order valence-corrected chi connectivity index (χ3v) is 4.34. The van der Waals surface area contributed by atoms with Crippen LogP contribution in [0.5, 0.6) is 0 Å². The fraction of sp³-hybridized carbons (Fsp3) is 0.769. The number of likely N-dealkylation sites (tertiary alicyclic amines) is 2. The van der Waals surface area contributed by atoms with Crippen molar-refractivity contribution in [3.05, 3.63) is 11.8 Å². The van der Waals surface area contributed by atoms with Gasteiger partial charge in [0.2, 0.25) is 17.7 Å². The average molecular weight is 264 g/mol. The Morgan fingerprint density at radius 1 is 1.32 bits per heavy atom. The number of hydrogen-bond acceptors (Lipinski definition) is 5. The number of hydrogen-bond donors (Lipinski definition) is 0. The molecule has 2 aliphatic heterocycles. The minimum absolute atomic E-state index is 0.203. The highest BCUT2D eigenvalue weighted by atomic mass is 16.4. The van der Waals surface area contributed by atoms with Crippen molar-refractivity contribution in [3.63, 3.8) is 0 Å². The lowest BCUT2D eigenvalue weighted by Crippen LogP contribution is -2.61. The summed E-state index contributed by atoms with van der Waals surface area (Å²) in [5.41, 5.74) is 0.382. The van der Waals surface area contributed by atoms with Crippen LogP contribution in [0.25, 0.3) is 0 Å². The van der Waals surface area contributed by atoms with Gasteiger partial charge in [0.15, 0.2) is 0 Å². The molecular weight excluding hydrogens is 244 g/mol. The molecule has 0 aromatic carbocycles. The summed E-state index contributed by atoms with van der Waals surface area (Å²) < 4.78 is 5.41. The number of carbonyl (C=O) groups excluding carboxylic acids is 1. The molecule has 0 bridgehead atoms. The van der Waals surface area contributed by atoms with Crippen molar-refractivity contribution in [3.8, 4) is 0 Å². The third-order valence-electron chi connectivity index (χ3n) is 4.34. The molecule has 6 heteroatoms. The number of nitrogens with zero attached hydrogens (tertiary/aromatic N) is 4. The van der Waals surface area contributed by atoms with Crippen molar-refractivity contribution >= 4 is 5.91 Å². The summed E-state index contributed by atoms with van der Waals surface area (Å²) >= 11 is 0. The van der Waals surface area contributed by atoms with Crippen molar-refractivity contribution in [2.24, 2.45) is 5.41 Å². The zero-order chi connectivity index (χ0) is 13.5. The Morgan fingerprint density at radius 2 is 2.00 bits per heavy atom. The number of aromatic nitrogens is 2. The van der Waals surface area contributed by atoms with Gasteiger partial charge in [-0.05, 0) is 25.9 Å². The van der Waals surface area contributed by atoms with E-state index >= 15 is 0 Å². The normalized spacial score (nSPS) is 22.5. The molecule has 0 N–H and O–H groups in total. The Hall–Kier alpha value is -1.43. The van der Waals surface area contributed by atoms with Gasteiger partial charge in [0, 0.05) is 32.4 Å². The zero-order valence-electron chi connectivity index (χ0n) is 11.6. The summed E-state index contributed by atoms with van der Waals surface area (Å²) in [6, 6.07) is 0. The Balaban J connectivity index is 1.49. The molecule has 0 unspecified atom stereocenters. The van der Waals surface area contributed by atoms with Gasteiger partial charge >= 0.3 is 0 Å². The van der Waals surface area contributed by atoms with Crippen molar-refractivity contribution < 1.29 is 9.21 Å². The molecule has 1 amide bonds. The minimum Gasteiger partial charge on any atom is -0.424 e. The van der Waals surface area contributed by atoms with Crippen molar-refractivity contribution in [1.82, 2.24) is 20.0 Å². The maximum atomic E-state index is 11.2. The zero-order valence-corrected chi connectivity index (χ0v) is 11.6. The molecule has 3 rings (SSSR count). The standard InChI is InChI=1S/C13H20N4O2/c1-10-14-15-12(19-10)7-16-5-3-13(4-6-16)8-17(9-13)11(2)18/h3-9H2,1-2H3. The number of piperidine rings is 1. The predicted molar refractivity (Wildman–Crippen MR) is 68.2 cm³/mol. The topological polar surface area (TPSA) is 62.5 Å². The van der Waals surface area contributed by atoms with Crippen LogP contribution in [0.3, 0.4) is 0 Å². The molecule has 0 saturated carbocycles. The molecular formula is C13H20N4O2. The van der Waals surface area contributed by atoms with E-state index in [9.17, 15) is 4.79 Å². The van der Waals surface area contributed by atoms with E-state index in [-0.39, 0.29) is 5.91 Å². The van der Waals surface area contributed by atoms with Gasteiger partial charge < -0.3 is 9.32 Å². The monoisotopic (exact) mass is 264 g/mol. The Kier molecular flexibility index (Phi) is 3.05. The molecule has 0 radical (unpaired) electrons. The maximum Gasteiger partial charge on any atom is 0.230 e. The number of aryl methyl sites for hydroxylation is 1. The van der Waals surface area contributed by atoms with Gasteiger partial charge in [0.1, 0.15) is 0 Å². The van der Waals surface area contributed by atoms with E-state index in [2.05, 4.69) is 15.1 Å². The number of carbonyl (C=O) groups is 1. The van der Waals surface area contributed by atoms with Crippen molar-refractivity contribution in [2.45, 2.75) is 33.2 Å². The highest BCUT2D eigenvalue weighted by Crippen LogP contribution is 2.40. The molecule has 2 saturated heterocycles.